The van der Waals surface area contributed by atoms with Crippen molar-refractivity contribution in [3.05, 3.63) is 116 Å². The number of carbonyl (C=O) groups is 2. The standard InChI is InChI=1S/C33H34F3N5O3S/c1-20-19-45-29(40-20)18-41(24-10-11-24)32(44)26-9-5-8-25(31(37)43)30(26)27(13-21-6-3-2-4-7-21)28(42)17-39-15-22-12-23(16-38-14-22)33(34,35)36/h2-9,12,14,16,19,24,27-28,39,42H,10-11,13,15,17-18H2,1H3,(H2,37,43)/t27-,28+/m1/s1. The normalized spacial score (nSPS) is 14.6. The second-order valence-corrected chi connectivity index (χ2v) is 12.2. The van der Waals surface area contributed by atoms with E-state index >= 15 is 0 Å². The number of nitrogens with one attached hydrogen (secondary N) is 1. The van der Waals surface area contributed by atoms with E-state index in [1.165, 1.54) is 17.5 Å². The first-order valence-corrected chi connectivity index (χ1v) is 15.5. The average molecular weight is 638 g/mol. The first-order valence-electron chi connectivity index (χ1n) is 14.6. The van der Waals surface area contributed by atoms with Gasteiger partial charge in [-0.2, -0.15) is 13.2 Å². The third kappa shape index (κ3) is 8.13. The van der Waals surface area contributed by atoms with Crippen LogP contribution in [0.3, 0.4) is 0 Å². The Morgan fingerprint density at radius 1 is 1.09 bits per heavy atom. The number of thiazole rings is 1. The van der Waals surface area contributed by atoms with E-state index in [1.807, 2.05) is 42.6 Å². The molecular formula is C33H34F3N5O3S. The highest BCUT2D eigenvalue weighted by Crippen LogP contribution is 2.35. The number of amides is 2. The van der Waals surface area contributed by atoms with Gasteiger partial charge in [-0.15, -0.1) is 11.3 Å². The van der Waals surface area contributed by atoms with Crippen LogP contribution >= 0.6 is 11.3 Å². The van der Waals surface area contributed by atoms with E-state index in [0.29, 0.717) is 17.7 Å². The molecule has 2 aromatic heterocycles. The average Bonchev–Trinajstić information content (AvgIpc) is 3.78. The third-order valence-electron chi connectivity index (χ3n) is 7.76. The van der Waals surface area contributed by atoms with E-state index in [9.17, 15) is 27.9 Å². The largest absolute Gasteiger partial charge is 0.417 e. The van der Waals surface area contributed by atoms with Gasteiger partial charge in [-0.3, -0.25) is 14.6 Å². The van der Waals surface area contributed by atoms with Gasteiger partial charge in [-0.25, -0.2) is 4.98 Å². The Morgan fingerprint density at radius 3 is 2.47 bits per heavy atom. The molecule has 2 heterocycles. The maximum absolute atomic E-state index is 14.3. The number of aliphatic hydroxyl groups excluding tert-OH is 1. The summed E-state index contributed by atoms with van der Waals surface area (Å²) >= 11 is 1.48. The fourth-order valence-corrected chi connectivity index (χ4v) is 6.21. The molecule has 12 heteroatoms. The summed E-state index contributed by atoms with van der Waals surface area (Å²) in [5, 5.41) is 17.4. The maximum atomic E-state index is 14.3. The van der Waals surface area contributed by atoms with Crippen molar-refractivity contribution in [2.24, 2.45) is 5.73 Å². The number of aliphatic hydroxyl groups is 1. The van der Waals surface area contributed by atoms with Crippen molar-refractivity contribution in [2.45, 2.75) is 63.5 Å². The van der Waals surface area contributed by atoms with Gasteiger partial charge in [-0.05, 0) is 61.1 Å². The van der Waals surface area contributed by atoms with Crippen molar-refractivity contribution in [3.8, 4) is 0 Å². The van der Waals surface area contributed by atoms with Gasteiger partial charge < -0.3 is 21.1 Å². The SMILES string of the molecule is Cc1csc(CN(C(=O)c2cccc(C(N)=O)c2[C@H](Cc2ccccc2)[C@@H](O)CNCc2cncc(C(F)(F)F)c2)C2CC2)n1. The number of hydrogen-bond acceptors (Lipinski definition) is 7. The molecule has 4 aromatic rings. The Kier molecular flexibility index (Phi) is 9.96. The fourth-order valence-electron chi connectivity index (χ4n) is 5.44. The molecule has 1 saturated carbocycles. The van der Waals surface area contributed by atoms with Gasteiger partial charge >= 0.3 is 6.18 Å². The van der Waals surface area contributed by atoms with Crippen molar-refractivity contribution >= 4 is 23.2 Å². The van der Waals surface area contributed by atoms with Crippen LogP contribution in [0.1, 0.15) is 72.4 Å². The highest BCUT2D eigenvalue weighted by molar-refractivity contribution is 7.09. The molecule has 2 amide bonds. The highest BCUT2D eigenvalue weighted by Gasteiger charge is 2.37. The topological polar surface area (TPSA) is 121 Å². The number of nitrogens with zero attached hydrogens (tertiary/aromatic N) is 3. The van der Waals surface area contributed by atoms with Crippen LogP contribution in [0, 0.1) is 6.92 Å². The van der Waals surface area contributed by atoms with Crippen LogP contribution in [-0.2, 0) is 25.7 Å². The number of halogens is 3. The monoisotopic (exact) mass is 637 g/mol. The summed E-state index contributed by atoms with van der Waals surface area (Å²) in [6.45, 7) is 2.18. The summed E-state index contributed by atoms with van der Waals surface area (Å²) in [6, 6.07) is 15.2. The Labute approximate surface area is 263 Å². The molecule has 0 spiro atoms. The van der Waals surface area contributed by atoms with E-state index in [1.54, 1.807) is 23.1 Å². The molecular weight excluding hydrogens is 603 g/mol. The Hall–Kier alpha value is -4.13. The lowest BCUT2D eigenvalue weighted by atomic mass is 9.81. The van der Waals surface area contributed by atoms with Crippen LogP contribution < -0.4 is 11.1 Å². The number of alkyl halides is 3. The van der Waals surface area contributed by atoms with Crippen LogP contribution in [0.2, 0.25) is 0 Å². The maximum Gasteiger partial charge on any atom is 0.417 e. The molecule has 236 valence electrons. The first kappa shape index (κ1) is 32.3. The number of pyridine rings is 1. The second-order valence-electron chi connectivity index (χ2n) is 11.3. The molecule has 5 rings (SSSR count). The quantitative estimate of drug-likeness (QED) is 0.184. The molecule has 4 N–H and O–H groups in total. The fraction of sp³-hybridized carbons (Fsp3) is 0.333. The smallest absolute Gasteiger partial charge is 0.391 e. The van der Waals surface area contributed by atoms with Gasteiger partial charge in [0.2, 0.25) is 5.91 Å². The summed E-state index contributed by atoms with van der Waals surface area (Å²) in [5.74, 6) is -1.77. The summed E-state index contributed by atoms with van der Waals surface area (Å²) < 4.78 is 39.6. The van der Waals surface area contributed by atoms with Crippen LogP contribution in [0.4, 0.5) is 13.2 Å². The first-order chi connectivity index (χ1) is 21.5. The molecule has 2 atom stereocenters. The molecule has 0 saturated heterocycles. The zero-order valence-corrected chi connectivity index (χ0v) is 25.4. The van der Waals surface area contributed by atoms with Crippen LogP contribution in [0.25, 0.3) is 0 Å². The lowest BCUT2D eigenvalue weighted by Crippen LogP contribution is -2.37. The van der Waals surface area contributed by atoms with Crippen molar-refractivity contribution in [2.75, 3.05) is 6.54 Å². The van der Waals surface area contributed by atoms with Gasteiger partial charge in [0.15, 0.2) is 0 Å². The minimum absolute atomic E-state index is 0.0119. The van der Waals surface area contributed by atoms with E-state index in [0.717, 1.165) is 41.4 Å². The third-order valence-corrected chi connectivity index (χ3v) is 8.71. The van der Waals surface area contributed by atoms with Gasteiger partial charge in [0.25, 0.3) is 5.91 Å². The second kappa shape index (κ2) is 13.9. The summed E-state index contributed by atoms with van der Waals surface area (Å²) in [7, 11) is 0. The number of carbonyl (C=O) groups excluding carboxylic acids is 2. The Balaban J connectivity index is 1.47. The number of benzene rings is 2. The molecule has 1 aliphatic rings. The molecule has 0 unspecified atom stereocenters. The summed E-state index contributed by atoms with van der Waals surface area (Å²) in [5.41, 5.74) is 7.75. The van der Waals surface area contributed by atoms with Crippen LogP contribution in [0.15, 0.2) is 72.4 Å². The molecule has 45 heavy (non-hydrogen) atoms. The van der Waals surface area contributed by atoms with Crippen molar-refractivity contribution in [3.63, 3.8) is 0 Å². The molecule has 1 fully saturated rings. The minimum Gasteiger partial charge on any atom is -0.391 e. The lowest BCUT2D eigenvalue weighted by molar-refractivity contribution is -0.137. The predicted molar refractivity (Wildman–Crippen MR) is 165 cm³/mol. The number of aromatic nitrogens is 2. The van der Waals surface area contributed by atoms with Crippen molar-refractivity contribution in [1.82, 2.24) is 20.2 Å². The number of hydrogen-bond donors (Lipinski definition) is 3. The van der Waals surface area contributed by atoms with Gasteiger partial charge in [0, 0.05) is 59.6 Å². The number of aryl methyl sites for hydroxylation is 1. The number of nitrogens with two attached hydrogens (primary N) is 1. The van der Waals surface area contributed by atoms with Crippen molar-refractivity contribution in [1.29, 1.82) is 0 Å². The Morgan fingerprint density at radius 2 is 1.82 bits per heavy atom. The summed E-state index contributed by atoms with van der Waals surface area (Å²) in [6.07, 6.45) is -1.62. The van der Waals surface area contributed by atoms with E-state index in [2.05, 4.69) is 15.3 Å². The number of rotatable bonds is 13. The van der Waals surface area contributed by atoms with Crippen LogP contribution in [0.5, 0.6) is 0 Å². The molecule has 2 aromatic carbocycles. The molecule has 0 bridgehead atoms. The van der Waals surface area contributed by atoms with Crippen LogP contribution in [-0.4, -0.2) is 50.5 Å². The van der Waals surface area contributed by atoms with E-state index in [4.69, 9.17) is 5.73 Å². The molecule has 1 aliphatic carbocycles. The zero-order valence-electron chi connectivity index (χ0n) is 24.6. The molecule has 0 aliphatic heterocycles. The number of primary amides is 1. The van der Waals surface area contributed by atoms with Crippen molar-refractivity contribution < 1.29 is 27.9 Å². The highest BCUT2D eigenvalue weighted by atomic mass is 32.1. The van der Waals surface area contributed by atoms with Gasteiger partial charge in [-0.1, -0.05) is 36.4 Å². The molecule has 8 nitrogen and oxygen atoms in total. The molecule has 0 radical (unpaired) electrons. The predicted octanol–water partition coefficient (Wildman–Crippen LogP) is 5.25. The summed E-state index contributed by atoms with van der Waals surface area (Å²) in [4.78, 5) is 37.1. The Bertz CT molecular complexity index is 1640. The van der Waals surface area contributed by atoms with Gasteiger partial charge in [0.05, 0.1) is 18.2 Å². The lowest BCUT2D eigenvalue weighted by Gasteiger charge is -2.29. The minimum atomic E-state index is -4.53. The van der Waals surface area contributed by atoms with E-state index in [-0.39, 0.29) is 42.6 Å². The zero-order chi connectivity index (χ0) is 32.1. The van der Waals surface area contributed by atoms with Gasteiger partial charge in [0.1, 0.15) is 5.01 Å². The van der Waals surface area contributed by atoms with E-state index < -0.39 is 29.7 Å².